The smallest absolute Gasteiger partial charge is 0.235 e. The Morgan fingerprint density at radius 1 is 1.33 bits per heavy atom. The Hall–Kier alpha value is -1.76. The SMILES string of the molecule is CCCCNC(=O)CS(=O)(=O)c1cc(OCC)ccc1N. The number of benzene rings is 1. The number of hydrogen-bond acceptors (Lipinski definition) is 5. The molecule has 1 aromatic carbocycles. The van der Waals surface area contributed by atoms with Gasteiger partial charge >= 0.3 is 0 Å². The maximum atomic E-state index is 12.3. The summed E-state index contributed by atoms with van der Waals surface area (Å²) >= 11 is 0. The van der Waals surface area contributed by atoms with E-state index < -0.39 is 21.5 Å². The van der Waals surface area contributed by atoms with Crippen molar-refractivity contribution in [3.8, 4) is 5.75 Å². The van der Waals surface area contributed by atoms with Crippen molar-refractivity contribution in [3.05, 3.63) is 18.2 Å². The Morgan fingerprint density at radius 2 is 2.05 bits per heavy atom. The summed E-state index contributed by atoms with van der Waals surface area (Å²) in [5.41, 5.74) is 5.81. The van der Waals surface area contributed by atoms with Crippen LogP contribution in [0.1, 0.15) is 26.7 Å². The topological polar surface area (TPSA) is 98.5 Å². The first-order chi connectivity index (χ1) is 9.90. The van der Waals surface area contributed by atoms with E-state index in [1.165, 1.54) is 12.1 Å². The quantitative estimate of drug-likeness (QED) is 0.557. The molecule has 0 saturated carbocycles. The summed E-state index contributed by atoms with van der Waals surface area (Å²) in [6.07, 6.45) is 1.74. The predicted octanol–water partition coefficient (Wildman–Crippen LogP) is 1.36. The molecule has 21 heavy (non-hydrogen) atoms. The normalized spacial score (nSPS) is 11.1. The molecule has 0 saturated heterocycles. The highest BCUT2D eigenvalue weighted by Gasteiger charge is 2.22. The second-order valence-corrected chi connectivity index (χ2v) is 6.55. The van der Waals surface area contributed by atoms with Gasteiger partial charge in [0.1, 0.15) is 11.5 Å². The molecule has 0 spiro atoms. The minimum atomic E-state index is -3.79. The highest BCUT2D eigenvalue weighted by atomic mass is 32.2. The van der Waals surface area contributed by atoms with Crippen molar-refractivity contribution in [1.29, 1.82) is 0 Å². The zero-order valence-corrected chi connectivity index (χ0v) is 13.2. The lowest BCUT2D eigenvalue weighted by atomic mass is 10.3. The van der Waals surface area contributed by atoms with Gasteiger partial charge in [-0.2, -0.15) is 0 Å². The first kappa shape index (κ1) is 17.3. The average molecular weight is 314 g/mol. The fraction of sp³-hybridized carbons (Fsp3) is 0.500. The number of unbranched alkanes of at least 4 members (excludes halogenated alkanes) is 1. The van der Waals surface area contributed by atoms with Crippen molar-refractivity contribution >= 4 is 21.4 Å². The molecule has 0 bridgehead atoms. The van der Waals surface area contributed by atoms with Crippen molar-refractivity contribution < 1.29 is 17.9 Å². The van der Waals surface area contributed by atoms with Gasteiger partial charge in [0.05, 0.1) is 17.2 Å². The van der Waals surface area contributed by atoms with Crippen LogP contribution in [0.2, 0.25) is 0 Å². The zero-order valence-electron chi connectivity index (χ0n) is 12.4. The molecular weight excluding hydrogens is 292 g/mol. The molecule has 118 valence electrons. The van der Waals surface area contributed by atoms with Gasteiger partial charge in [0.2, 0.25) is 5.91 Å². The summed E-state index contributed by atoms with van der Waals surface area (Å²) in [5, 5.41) is 2.58. The Morgan fingerprint density at radius 3 is 2.67 bits per heavy atom. The van der Waals surface area contributed by atoms with Crippen LogP contribution in [0.25, 0.3) is 0 Å². The molecule has 0 radical (unpaired) electrons. The molecule has 0 aliphatic carbocycles. The summed E-state index contributed by atoms with van der Waals surface area (Å²) < 4.78 is 29.8. The van der Waals surface area contributed by atoms with Crippen LogP contribution in [0.15, 0.2) is 23.1 Å². The Bertz CT molecular complexity index is 585. The van der Waals surface area contributed by atoms with Gasteiger partial charge in [-0.3, -0.25) is 4.79 Å². The van der Waals surface area contributed by atoms with Crippen molar-refractivity contribution in [1.82, 2.24) is 5.32 Å². The number of sulfone groups is 1. The molecule has 0 fully saturated rings. The number of amides is 1. The average Bonchev–Trinajstić information content (AvgIpc) is 2.41. The van der Waals surface area contributed by atoms with Gasteiger partial charge in [-0.25, -0.2) is 8.42 Å². The van der Waals surface area contributed by atoms with Gasteiger partial charge in [0.15, 0.2) is 9.84 Å². The van der Waals surface area contributed by atoms with Gasteiger partial charge in [-0.05, 0) is 25.5 Å². The monoisotopic (exact) mass is 314 g/mol. The number of carbonyl (C=O) groups excluding carboxylic acids is 1. The van der Waals surface area contributed by atoms with E-state index in [1.54, 1.807) is 13.0 Å². The van der Waals surface area contributed by atoms with E-state index >= 15 is 0 Å². The number of anilines is 1. The first-order valence-electron chi connectivity index (χ1n) is 6.92. The summed E-state index contributed by atoms with van der Waals surface area (Å²) in [7, 11) is -3.79. The molecule has 7 heteroatoms. The lowest BCUT2D eigenvalue weighted by Crippen LogP contribution is -2.31. The van der Waals surface area contributed by atoms with Gasteiger partial charge in [-0.1, -0.05) is 13.3 Å². The fourth-order valence-electron chi connectivity index (χ4n) is 1.75. The zero-order chi connectivity index (χ0) is 15.9. The van der Waals surface area contributed by atoms with E-state index in [1.807, 2.05) is 6.92 Å². The maximum absolute atomic E-state index is 12.3. The molecule has 1 aromatic rings. The summed E-state index contributed by atoms with van der Waals surface area (Å²) in [5.74, 6) is -0.724. The molecule has 0 unspecified atom stereocenters. The molecular formula is C14H22N2O4S. The van der Waals surface area contributed by atoms with Crippen LogP contribution >= 0.6 is 0 Å². The van der Waals surface area contributed by atoms with Crippen LogP contribution in [-0.4, -0.2) is 33.2 Å². The third kappa shape index (κ3) is 5.26. The van der Waals surface area contributed by atoms with E-state index in [-0.39, 0.29) is 10.6 Å². The molecule has 3 N–H and O–H groups in total. The Labute approximate surface area is 125 Å². The van der Waals surface area contributed by atoms with E-state index in [4.69, 9.17) is 10.5 Å². The molecule has 1 rings (SSSR count). The van der Waals surface area contributed by atoms with Crippen molar-refractivity contribution in [2.45, 2.75) is 31.6 Å². The van der Waals surface area contributed by atoms with Crippen molar-refractivity contribution in [2.75, 3.05) is 24.6 Å². The van der Waals surface area contributed by atoms with Crippen molar-refractivity contribution in [3.63, 3.8) is 0 Å². The molecule has 0 aliphatic heterocycles. The minimum Gasteiger partial charge on any atom is -0.494 e. The summed E-state index contributed by atoms with van der Waals surface area (Å²) in [6.45, 7) is 4.68. The molecule has 0 aliphatic rings. The van der Waals surface area contributed by atoms with Crippen LogP contribution < -0.4 is 15.8 Å². The van der Waals surface area contributed by atoms with Gasteiger partial charge < -0.3 is 15.8 Å². The third-order valence-electron chi connectivity index (χ3n) is 2.80. The lowest BCUT2D eigenvalue weighted by molar-refractivity contribution is -0.118. The van der Waals surface area contributed by atoms with Gasteiger partial charge in [-0.15, -0.1) is 0 Å². The number of ether oxygens (including phenoxy) is 1. The van der Waals surface area contributed by atoms with Crippen LogP contribution in [0, 0.1) is 0 Å². The van der Waals surface area contributed by atoms with Crippen LogP contribution in [0.3, 0.4) is 0 Å². The minimum absolute atomic E-state index is 0.0703. The first-order valence-corrected chi connectivity index (χ1v) is 8.57. The van der Waals surface area contributed by atoms with E-state index in [9.17, 15) is 13.2 Å². The number of rotatable bonds is 8. The maximum Gasteiger partial charge on any atom is 0.235 e. The highest BCUT2D eigenvalue weighted by molar-refractivity contribution is 7.92. The van der Waals surface area contributed by atoms with Crippen LogP contribution in [0.5, 0.6) is 5.75 Å². The highest BCUT2D eigenvalue weighted by Crippen LogP contribution is 2.25. The largest absolute Gasteiger partial charge is 0.494 e. The molecule has 0 heterocycles. The number of nitrogens with one attached hydrogen (secondary N) is 1. The fourth-order valence-corrected chi connectivity index (χ4v) is 3.07. The van der Waals surface area contributed by atoms with Crippen molar-refractivity contribution in [2.24, 2.45) is 0 Å². The van der Waals surface area contributed by atoms with Crippen LogP contribution in [0.4, 0.5) is 5.69 Å². The molecule has 0 atom stereocenters. The molecule has 0 aromatic heterocycles. The van der Waals surface area contributed by atoms with E-state index in [2.05, 4.69) is 5.32 Å². The number of nitrogen functional groups attached to an aromatic ring is 1. The van der Waals surface area contributed by atoms with Gasteiger partial charge in [0, 0.05) is 12.6 Å². The third-order valence-corrected chi connectivity index (χ3v) is 4.47. The van der Waals surface area contributed by atoms with Gasteiger partial charge in [0.25, 0.3) is 0 Å². The number of carbonyl (C=O) groups is 1. The molecule has 1 amide bonds. The Balaban J connectivity index is 2.86. The Kier molecular flexibility index (Phi) is 6.48. The predicted molar refractivity (Wildman–Crippen MR) is 82.0 cm³/mol. The number of hydrogen-bond donors (Lipinski definition) is 2. The summed E-state index contributed by atoms with van der Waals surface area (Å²) in [6, 6.07) is 4.42. The van der Waals surface area contributed by atoms with E-state index in [0.29, 0.717) is 18.9 Å². The standard InChI is InChI=1S/C14H22N2O4S/c1-3-5-8-16-14(17)10-21(18,19)13-9-11(20-4-2)6-7-12(13)15/h6-7,9H,3-5,8,10,15H2,1-2H3,(H,16,17). The summed E-state index contributed by atoms with van der Waals surface area (Å²) in [4.78, 5) is 11.6. The second-order valence-electron chi connectivity index (χ2n) is 4.60. The molecule has 6 nitrogen and oxygen atoms in total. The number of nitrogens with two attached hydrogens (primary N) is 1. The lowest BCUT2D eigenvalue weighted by Gasteiger charge is -2.10. The second kappa shape index (κ2) is 7.87. The van der Waals surface area contributed by atoms with E-state index in [0.717, 1.165) is 12.8 Å². The van der Waals surface area contributed by atoms with Crippen LogP contribution in [-0.2, 0) is 14.6 Å².